The van der Waals surface area contributed by atoms with Gasteiger partial charge < -0.3 is 15.0 Å². The van der Waals surface area contributed by atoms with Gasteiger partial charge in [0.2, 0.25) is 11.7 Å². The van der Waals surface area contributed by atoms with E-state index in [-0.39, 0.29) is 5.60 Å². The second-order valence-electron chi connectivity index (χ2n) is 4.93. The SMILES string of the molecule is COC1(c2noc(C(N)c3cnn(C)c3)n2)CCC1. The van der Waals surface area contributed by atoms with E-state index >= 15 is 0 Å². The number of methoxy groups -OCH3 is 1. The first-order valence-corrected chi connectivity index (χ1v) is 6.28. The molecular weight excluding hydrogens is 246 g/mol. The van der Waals surface area contributed by atoms with Gasteiger partial charge >= 0.3 is 0 Å². The normalized spacial score (nSPS) is 19.1. The van der Waals surface area contributed by atoms with Gasteiger partial charge in [-0.2, -0.15) is 10.1 Å². The van der Waals surface area contributed by atoms with Gasteiger partial charge in [0, 0.05) is 25.9 Å². The highest BCUT2D eigenvalue weighted by atomic mass is 16.5. The molecule has 0 bridgehead atoms. The van der Waals surface area contributed by atoms with Crippen LogP contribution in [0.1, 0.15) is 42.6 Å². The summed E-state index contributed by atoms with van der Waals surface area (Å²) in [4.78, 5) is 4.40. The summed E-state index contributed by atoms with van der Waals surface area (Å²) in [5, 5.41) is 8.10. The number of nitrogens with two attached hydrogens (primary N) is 1. The van der Waals surface area contributed by atoms with Crippen molar-refractivity contribution in [3.8, 4) is 0 Å². The quantitative estimate of drug-likeness (QED) is 0.880. The Morgan fingerprint density at radius 1 is 1.53 bits per heavy atom. The Hall–Kier alpha value is -1.73. The van der Waals surface area contributed by atoms with E-state index in [9.17, 15) is 0 Å². The van der Waals surface area contributed by atoms with Crippen molar-refractivity contribution in [2.75, 3.05) is 7.11 Å². The van der Waals surface area contributed by atoms with Crippen molar-refractivity contribution < 1.29 is 9.26 Å². The van der Waals surface area contributed by atoms with Gasteiger partial charge in [-0.3, -0.25) is 4.68 Å². The number of hydrogen-bond donors (Lipinski definition) is 1. The number of rotatable bonds is 4. The topological polar surface area (TPSA) is 92.0 Å². The van der Waals surface area contributed by atoms with Gasteiger partial charge in [0.15, 0.2) is 0 Å². The van der Waals surface area contributed by atoms with Crippen LogP contribution in [-0.2, 0) is 17.4 Å². The number of nitrogens with zero attached hydrogens (tertiary/aromatic N) is 4. The Bertz CT molecular complexity index is 567. The number of hydrogen-bond acceptors (Lipinski definition) is 6. The van der Waals surface area contributed by atoms with Crippen molar-refractivity contribution in [3.63, 3.8) is 0 Å². The average Bonchev–Trinajstić information content (AvgIpc) is 2.97. The van der Waals surface area contributed by atoms with Gasteiger partial charge in [0.1, 0.15) is 11.6 Å². The first kappa shape index (κ1) is 12.3. The van der Waals surface area contributed by atoms with Crippen molar-refractivity contribution in [2.45, 2.75) is 30.9 Å². The van der Waals surface area contributed by atoms with E-state index in [0.717, 1.165) is 24.8 Å². The van der Waals surface area contributed by atoms with E-state index in [2.05, 4.69) is 15.2 Å². The molecule has 3 rings (SSSR count). The van der Waals surface area contributed by atoms with Crippen LogP contribution >= 0.6 is 0 Å². The van der Waals surface area contributed by atoms with Crippen molar-refractivity contribution in [2.24, 2.45) is 12.8 Å². The van der Waals surface area contributed by atoms with Crippen molar-refractivity contribution >= 4 is 0 Å². The van der Waals surface area contributed by atoms with Crippen LogP contribution in [0.3, 0.4) is 0 Å². The molecule has 19 heavy (non-hydrogen) atoms. The summed E-state index contributed by atoms with van der Waals surface area (Å²) >= 11 is 0. The van der Waals surface area contributed by atoms with E-state index < -0.39 is 6.04 Å². The Morgan fingerprint density at radius 2 is 2.32 bits per heavy atom. The van der Waals surface area contributed by atoms with E-state index in [0.29, 0.717) is 11.7 Å². The molecule has 1 fully saturated rings. The molecule has 2 N–H and O–H groups in total. The van der Waals surface area contributed by atoms with E-state index in [1.54, 1.807) is 18.0 Å². The highest BCUT2D eigenvalue weighted by Gasteiger charge is 2.43. The smallest absolute Gasteiger partial charge is 0.248 e. The van der Waals surface area contributed by atoms with Crippen LogP contribution in [0, 0.1) is 0 Å². The fourth-order valence-electron chi connectivity index (χ4n) is 2.31. The van der Waals surface area contributed by atoms with Crippen LogP contribution < -0.4 is 5.73 Å². The van der Waals surface area contributed by atoms with E-state index in [1.807, 2.05) is 13.2 Å². The molecule has 7 nitrogen and oxygen atoms in total. The number of aromatic nitrogens is 4. The molecule has 2 aromatic rings. The number of ether oxygens (including phenoxy) is 1. The Labute approximate surface area is 110 Å². The molecule has 2 heterocycles. The average molecular weight is 263 g/mol. The minimum absolute atomic E-state index is 0.379. The third-order valence-electron chi connectivity index (χ3n) is 3.75. The lowest BCUT2D eigenvalue weighted by Gasteiger charge is -2.37. The van der Waals surface area contributed by atoms with E-state index in [1.165, 1.54) is 0 Å². The van der Waals surface area contributed by atoms with Gasteiger partial charge in [-0.15, -0.1) is 0 Å². The largest absolute Gasteiger partial charge is 0.370 e. The first-order valence-electron chi connectivity index (χ1n) is 6.28. The molecule has 0 aromatic carbocycles. The second kappa shape index (κ2) is 4.43. The first-order chi connectivity index (χ1) is 9.14. The Kier molecular flexibility index (Phi) is 2.87. The zero-order valence-electron chi connectivity index (χ0n) is 11.0. The highest BCUT2D eigenvalue weighted by molar-refractivity contribution is 5.18. The van der Waals surface area contributed by atoms with Crippen LogP contribution in [0.15, 0.2) is 16.9 Å². The van der Waals surface area contributed by atoms with Gasteiger partial charge in [-0.05, 0) is 19.3 Å². The summed E-state index contributed by atoms with van der Waals surface area (Å²) in [6, 6.07) is -0.455. The summed E-state index contributed by atoms with van der Waals surface area (Å²) in [6.45, 7) is 0. The molecule has 1 unspecified atom stereocenters. The lowest BCUT2D eigenvalue weighted by molar-refractivity contribution is -0.0858. The molecule has 0 amide bonds. The molecule has 0 radical (unpaired) electrons. The van der Waals surface area contributed by atoms with E-state index in [4.69, 9.17) is 15.0 Å². The molecule has 0 saturated heterocycles. The summed E-state index contributed by atoms with van der Waals surface area (Å²) in [6.07, 6.45) is 6.50. The van der Waals surface area contributed by atoms with Crippen LogP contribution in [0.25, 0.3) is 0 Å². The zero-order chi connectivity index (χ0) is 13.5. The molecule has 2 aromatic heterocycles. The van der Waals surface area contributed by atoms with Crippen LogP contribution in [0.4, 0.5) is 0 Å². The van der Waals surface area contributed by atoms with Crippen molar-refractivity contribution in [1.82, 2.24) is 19.9 Å². The summed E-state index contributed by atoms with van der Waals surface area (Å²) in [5.41, 5.74) is 6.56. The monoisotopic (exact) mass is 263 g/mol. The maximum Gasteiger partial charge on any atom is 0.248 e. The molecule has 0 aliphatic heterocycles. The maximum absolute atomic E-state index is 6.10. The highest BCUT2D eigenvalue weighted by Crippen LogP contribution is 2.42. The molecule has 7 heteroatoms. The standard InChI is InChI=1S/C12H17N5O2/c1-17-7-8(6-14-17)9(13)10-15-11(16-19-10)12(18-2)4-3-5-12/h6-7,9H,3-5,13H2,1-2H3. The van der Waals surface area contributed by atoms with Crippen molar-refractivity contribution in [3.05, 3.63) is 29.7 Å². The zero-order valence-corrected chi connectivity index (χ0v) is 11.0. The molecule has 1 aliphatic rings. The minimum atomic E-state index is -0.455. The molecular formula is C12H17N5O2. The molecule has 1 aliphatic carbocycles. The molecule has 0 spiro atoms. The summed E-state index contributed by atoms with van der Waals surface area (Å²) in [7, 11) is 3.51. The molecule has 1 saturated carbocycles. The van der Waals surface area contributed by atoms with Gasteiger partial charge in [-0.1, -0.05) is 5.16 Å². The third-order valence-corrected chi connectivity index (χ3v) is 3.75. The fourth-order valence-corrected chi connectivity index (χ4v) is 2.31. The maximum atomic E-state index is 6.10. The Balaban J connectivity index is 1.85. The van der Waals surface area contributed by atoms with Gasteiger partial charge in [0.05, 0.1) is 6.20 Å². The Morgan fingerprint density at radius 3 is 2.84 bits per heavy atom. The van der Waals surface area contributed by atoms with Gasteiger partial charge in [-0.25, -0.2) is 0 Å². The molecule has 102 valence electrons. The second-order valence-corrected chi connectivity index (χ2v) is 4.93. The fraction of sp³-hybridized carbons (Fsp3) is 0.583. The summed E-state index contributed by atoms with van der Waals surface area (Å²) < 4.78 is 12.5. The van der Waals surface area contributed by atoms with Crippen LogP contribution in [0.2, 0.25) is 0 Å². The minimum Gasteiger partial charge on any atom is -0.370 e. The summed E-state index contributed by atoms with van der Waals surface area (Å²) in [5.74, 6) is 0.988. The lowest BCUT2D eigenvalue weighted by Crippen LogP contribution is -2.37. The predicted octanol–water partition coefficient (Wildman–Crippen LogP) is 0.877. The lowest BCUT2D eigenvalue weighted by atomic mass is 9.79. The number of aryl methyl sites for hydroxylation is 1. The predicted molar refractivity (Wildman–Crippen MR) is 66.1 cm³/mol. The third kappa shape index (κ3) is 1.95. The van der Waals surface area contributed by atoms with Gasteiger partial charge in [0.25, 0.3) is 0 Å². The van der Waals surface area contributed by atoms with Crippen LogP contribution in [-0.4, -0.2) is 27.0 Å². The van der Waals surface area contributed by atoms with Crippen molar-refractivity contribution in [1.29, 1.82) is 0 Å². The molecule has 1 atom stereocenters. The van der Waals surface area contributed by atoms with Crippen LogP contribution in [0.5, 0.6) is 0 Å².